The number of benzene rings is 2. The molecule has 0 unspecified atom stereocenters. The summed E-state index contributed by atoms with van der Waals surface area (Å²) < 4.78 is 71.0. The Morgan fingerprint density at radius 2 is 1.82 bits per heavy atom. The summed E-state index contributed by atoms with van der Waals surface area (Å²) in [5.41, 5.74) is -4.59. The van der Waals surface area contributed by atoms with E-state index in [9.17, 15) is 26.7 Å². The molecule has 178 valence electrons. The second kappa shape index (κ2) is 6.66. The van der Waals surface area contributed by atoms with Crippen molar-refractivity contribution in [3.05, 3.63) is 41.5 Å². The molecule has 1 aliphatic carbocycles. The summed E-state index contributed by atoms with van der Waals surface area (Å²) >= 11 is 0. The van der Waals surface area contributed by atoms with Gasteiger partial charge in [-0.25, -0.2) is 0 Å². The van der Waals surface area contributed by atoms with Gasteiger partial charge in [0.1, 0.15) is 0 Å². The fraction of sp³-hybridized carbons (Fsp3) is 0.500. The van der Waals surface area contributed by atoms with Gasteiger partial charge in [-0.05, 0) is 76.5 Å². The van der Waals surface area contributed by atoms with Gasteiger partial charge in [0.15, 0.2) is 5.75 Å². The van der Waals surface area contributed by atoms with Crippen molar-refractivity contribution in [3.8, 4) is 5.75 Å². The molecule has 3 atom stereocenters. The standard InChI is InChI=1S/C24H26F3NO4S/c1-13-11-15-14-7-5-6-8-18(14)28-20(15)19(21(13)32-33(30,31)24(25,26)27)16-12-23(4,29)10-9-17(16)22(28,2)3/h5-8,11,16-17,29H,9-10,12H2,1-4H3/t16-,17+,23-/m0/s1. The SMILES string of the molecule is Cc1cc2c3ccccc3n3c2c(c1OS(=O)(=O)C(F)(F)F)[C@H]1C[C@@](C)(O)CC[C@H]1C3(C)C. The van der Waals surface area contributed by atoms with Crippen LogP contribution in [-0.4, -0.2) is 29.2 Å². The summed E-state index contributed by atoms with van der Waals surface area (Å²) in [7, 11) is -5.86. The Morgan fingerprint density at radius 1 is 1.15 bits per heavy atom. The van der Waals surface area contributed by atoms with Crippen molar-refractivity contribution in [3.63, 3.8) is 0 Å². The highest BCUT2D eigenvalue weighted by Gasteiger charge is 2.53. The van der Waals surface area contributed by atoms with Gasteiger partial charge in [0.05, 0.1) is 11.1 Å². The van der Waals surface area contributed by atoms with Crippen molar-refractivity contribution in [2.24, 2.45) is 5.92 Å². The minimum Gasteiger partial charge on any atom is -0.390 e. The first kappa shape index (κ1) is 22.5. The van der Waals surface area contributed by atoms with E-state index in [1.165, 1.54) is 0 Å². The molecule has 0 spiro atoms. The first-order valence-corrected chi connectivity index (χ1v) is 12.4. The number of aromatic nitrogens is 1. The van der Waals surface area contributed by atoms with Crippen molar-refractivity contribution in [2.45, 2.75) is 69.5 Å². The molecule has 3 aromatic rings. The first-order valence-electron chi connectivity index (χ1n) is 11.0. The molecule has 0 saturated heterocycles. The van der Waals surface area contributed by atoms with Crippen LogP contribution in [0.2, 0.25) is 0 Å². The van der Waals surface area contributed by atoms with Crippen LogP contribution in [0.4, 0.5) is 13.2 Å². The Hall–Kier alpha value is -2.26. The van der Waals surface area contributed by atoms with Gasteiger partial charge in [-0.15, -0.1) is 0 Å². The molecule has 1 aromatic heterocycles. The van der Waals surface area contributed by atoms with E-state index in [1.54, 1.807) is 19.9 Å². The Morgan fingerprint density at radius 3 is 2.48 bits per heavy atom. The third kappa shape index (κ3) is 3.11. The molecule has 0 bridgehead atoms. The fourth-order valence-electron chi connectivity index (χ4n) is 6.19. The quantitative estimate of drug-likeness (QED) is 0.376. The van der Waals surface area contributed by atoms with E-state index in [0.29, 0.717) is 35.9 Å². The molecule has 1 saturated carbocycles. The van der Waals surface area contributed by atoms with E-state index in [-0.39, 0.29) is 17.6 Å². The molecule has 1 fully saturated rings. The molecule has 33 heavy (non-hydrogen) atoms. The van der Waals surface area contributed by atoms with Crippen LogP contribution in [0.5, 0.6) is 5.75 Å². The van der Waals surface area contributed by atoms with Gasteiger partial charge in [0, 0.05) is 27.4 Å². The monoisotopic (exact) mass is 481 g/mol. The number of fused-ring (bicyclic) bond motifs is 5. The van der Waals surface area contributed by atoms with E-state index in [4.69, 9.17) is 4.18 Å². The van der Waals surface area contributed by atoms with Crippen molar-refractivity contribution in [1.82, 2.24) is 4.57 Å². The Labute approximate surface area is 190 Å². The molecular weight excluding hydrogens is 455 g/mol. The predicted octanol–water partition coefficient (Wildman–Crippen LogP) is 5.71. The van der Waals surface area contributed by atoms with Crippen LogP contribution < -0.4 is 4.18 Å². The maximum atomic E-state index is 13.3. The lowest BCUT2D eigenvalue weighted by Crippen LogP contribution is -2.48. The number of aryl methyl sites for hydroxylation is 1. The molecule has 0 amide bonds. The topological polar surface area (TPSA) is 68.5 Å². The van der Waals surface area contributed by atoms with Gasteiger partial charge >= 0.3 is 15.6 Å². The van der Waals surface area contributed by atoms with Crippen LogP contribution in [0.1, 0.15) is 57.1 Å². The Bertz CT molecular complexity index is 1400. The van der Waals surface area contributed by atoms with E-state index < -0.39 is 26.8 Å². The van der Waals surface area contributed by atoms with Crippen molar-refractivity contribution < 1.29 is 30.9 Å². The van der Waals surface area contributed by atoms with Crippen LogP contribution in [-0.2, 0) is 15.7 Å². The zero-order chi connectivity index (χ0) is 24.1. The van der Waals surface area contributed by atoms with Gasteiger partial charge < -0.3 is 13.9 Å². The Balaban J connectivity index is 1.92. The summed E-state index contributed by atoms with van der Waals surface area (Å²) in [6.45, 7) is 7.50. The number of halogens is 3. The highest BCUT2D eigenvalue weighted by molar-refractivity contribution is 7.88. The van der Waals surface area contributed by atoms with Gasteiger partial charge in [0.25, 0.3) is 0 Å². The maximum Gasteiger partial charge on any atom is 0.534 e. The van der Waals surface area contributed by atoms with Crippen molar-refractivity contribution in [2.75, 3.05) is 0 Å². The molecule has 0 radical (unpaired) electrons. The zero-order valence-electron chi connectivity index (χ0n) is 18.8. The lowest BCUT2D eigenvalue weighted by atomic mass is 9.61. The minimum atomic E-state index is -5.86. The number of alkyl halides is 3. The van der Waals surface area contributed by atoms with Crippen LogP contribution in [0, 0.1) is 12.8 Å². The highest BCUT2D eigenvalue weighted by atomic mass is 32.2. The maximum absolute atomic E-state index is 13.3. The third-order valence-electron chi connectivity index (χ3n) is 7.60. The molecular formula is C24H26F3NO4S. The minimum absolute atomic E-state index is 0.0260. The number of hydrogen-bond acceptors (Lipinski definition) is 4. The number of aliphatic hydroxyl groups is 1. The van der Waals surface area contributed by atoms with E-state index in [0.717, 1.165) is 16.3 Å². The average molecular weight is 482 g/mol. The van der Waals surface area contributed by atoms with Crippen LogP contribution in [0.3, 0.4) is 0 Å². The van der Waals surface area contributed by atoms with Gasteiger partial charge in [-0.2, -0.15) is 21.6 Å². The van der Waals surface area contributed by atoms with Crippen molar-refractivity contribution in [1.29, 1.82) is 0 Å². The molecule has 1 aliphatic heterocycles. The van der Waals surface area contributed by atoms with E-state index >= 15 is 0 Å². The second-order valence-corrected chi connectivity index (χ2v) is 11.8. The molecule has 1 N–H and O–H groups in total. The lowest BCUT2D eigenvalue weighted by molar-refractivity contribution is -0.0503. The van der Waals surface area contributed by atoms with Crippen LogP contribution in [0.25, 0.3) is 21.8 Å². The first-order chi connectivity index (χ1) is 15.2. The van der Waals surface area contributed by atoms with Gasteiger partial charge in [-0.1, -0.05) is 18.2 Å². The molecule has 5 nitrogen and oxygen atoms in total. The summed E-state index contributed by atoms with van der Waals surface area (Å²) in [6.07, 6.45) is 1.51. The zero-order valence-corrected chi connectivity index (χ0v) is 19.6. The summed E-state index contributed by atoms with van der Waals surface area (Å²) in [5.74, 6) is -0.657. The van der Waals surface area contributed by atoms with Gasteiger partial charge in [0.2, 0.25) is 0 Å². The normalized spacial score (nSPS) is 27.0. The third-order valence-corrected chi connectivity index (χ3v) is 8.56. The highest BCUT2D eigenvalue weighted by Crippen LogP contribution is 2.59. The summed E-state index contributed by atoms with van der Waals surface area (Å²) in [5, 5.41) is 12.7. The molecule has 2 aliphatic rings. The predicted molar refractivity (Wildman–Crippen MR) is 120 cm³/mol. The lowest BCUT2D eigenvalue weighted by Gasteiger charge is -2.51. The molecule has 9 heteroatoms. The van der Waals surface area contributed by atoms with Gasteiger partial charge in [-0.3, -0.25) is 0 Å². The van der Waals surface area contributed by atoms with E-state index in [1.807, 2.05) is 24.3 Å². The van der Waals surface area contributed by atoms with E-state index in [2.05, 4.69) is 18.4 Å². The number of rotatable bonds is 2. The number of nitrogens with zero attached hydrogens (tertiary/aromatic N) is 1. The smallest absolute Gasteiger partial charge is 0.390 e. The average Bonchev–Trinajstić information content (AvgIpc) is 3.01. The second-order valence-electron chi connectivity index (χ2n) is 10.3. The number of para-hydroxylation sites is 1. The van der Waals surface area contributed by atoms with Crippen LogP contribution in [0.15, 0.2) is 30.3 Å². The number of hydrogen-bond donors (Lipinski definition) is 1. The van der Waals surface area contributed by atoms with Crippen LogP contribution >= 0.6 is 0 Å². The molecule has 5 rings (SSSR count). The van der Waals surface area contributed by atoms with Crippen molar-refractivity contribution >= 4 is 31.9 Å². The summed E-state index contributed by atoms with van der Waals surface area (Å²) in [4.78, 5) is 0. The molecule has 2 aromatic carbocycles. The summed E-state index contributed by atoms with van der Waals surface area (Å²) in [6, 6.07) is 9.46. The Kier molecular flexibility index (Phi) is 4.55. The largest absolute Gasteiger partial charge is 0.534 e. The fourth-order valence-corrected chi connectivity index (χ4v) is 6.72. The molecule has 2 heterocycles.